The van der Waals surface area contributed by atoms with Gasteiger partial charge in [0.2, 0.25) is 17.7 Å². The zero-order valence-corrected chi connectivity index (χ0v) is 12.9. The number of nitrogens with zero attached hydrogens (tertiary/aromatic N) is 2. The number of fused-ring (bicyclic) bond motifs is 4. The van der Waals surface area contributed by atoms with Gasteiger partial charge in [0, 0.05) is 18.3 Å². The fourth-order valence-electron chi connectivity index (χ4n) is 3.41. The minimum Gasteiger partial charge on any atom is -0.423 e. The van der Waals surface area contributed by atoms with Crippen molar-refractivity contribution in [3.05, 3.63) is 67.7 Å². The van der Waals surface area contributed by atoms with Crippen molar-refractivity contribution in [3.8, 4) is 11.9 Å². The molecule has 2 aliphatic rings. The Morgan fingerprint density at radius 3 is 2.72 bits per heavy atom. The molecule has 9 heteroatoms. The molecule has 2 aliphatic heterocycles. The molecular weight excluding hydrogens is 326 g/mol. The van der Waals surface area contributed by atoms with Gasteiger partial charge in [-0.2, -0.15) is 5.26 Å². The summed E-state index contributed by atoms with van der Waals surface area (Å²) in [6, 6.07) is 8.55. The van der Waals surface area contributed by atoms with E-state index in [9.17, 15) is 19.6 Å². The number of hydrogen-bond acceptors (Lipinski definition) is 6. The van der Waals surface area contributed by atoms with Crippen LogP contribution in [-0.2, 0) is 17.3 Å². The van der Waals surface area contributed by atoms with E-state index in [1.807, 2.05) is 6.07 Å². The summed E-state index contributed by atoms with van der Waals surface area (Å²) in [7, 11) is 1.37. The van der Waals surface area contributed by atoms with E-state index in [4.69, 9.17) is 10.5 Å². The Morgan fingerprint density at radius 2 is 2.00 bits per heavy atom. The molecule has 3 heterocycles. The minimum atomic E-state index is -1.78. The third-order valence-electron chi connectivity index (χ3n) is 4.51. The van der Waals surface area contributed by atoms with E-state index in [2.05, 4.69) is 10.3 Å². The molecular formula is C16H11N5O4. The van der Waals surface area contributed by atoms with Crippen molar-refractivity contribution in [2.45, 2.75) is 5.41 Å². The molecule has 0 fully saturated rings. The van der Waals surface area contributed by atoms with Crippen LogP contribution in [0.3, 0.4) is 0 Å². The summed E-state index contributed by atoms with van der Waals surface area (Å²) in [5.74, 6) is -1.11. The number of aromatic amines is 1. The molecule has 0 saturated heterocycles. The Balaban J connectivity index is 2.27. The number of hydrogen-bond donors (Lipinski definition) is 3. The van der Waals surface area contributed by atoms with Gasteiger partial charge in [-0.25, -0.2) is 4.79 Å². The normalized spacial score (nSPS) is 20.6. The number of H-pyrrole nitrogens is 1. The van der Waals surface area contributed by atoms with Gasteiger partial charge in [-0.3, -0.25) is 19.1 Å². The molecule has 1 amide bonds. The van der Waals surface area contributed by atoms with Gasteiger partial charge in [0.1, 0.15) is 17.2 Å². The Kier molecular flexibility index (Phi) is 2.72. The summed E-state index contributed by atoms with van der Waals surface area (Å²) in [4.78, 5) is 39.7. The lowest BCUT2D eigenvalue weighted by Crippen LogP contribution is -2.49. The van der Waals surface area contributed by atoms with Crippen molar-refractivity contribution in [1.82, 2.24) is 9.55 Å². The van der Waals surface area contributed by atoms with Crippen LogP contribution in [0.5, 0.6) is 5.88 Å². The van der Waals surface area contributed by atoms with Gasteiger partial charge in [0.15, 0.2) is 5.41 Å². The summed E-state index contributed by atoms with van der Waals surface area (Å²) < 4.78 is 6.41. The number of aromatic nitrogens is 2. The minimum absolute atomic E-state index is 0.150. The third kappa shape index (κ3) is 1.57. The van der Waals surface area contributed by atoms with E-state index >= 15 is 0 Å². The van der Waals surface area contributed by atoms with Gasteiger partial charge in [-0.15, -0.1) is 0 Å². The van der Waals surface area contributed by atoms with E-state index < -0.39 is 22.6 Å². The predicted octanol–water partition coefficient (Wildman–Crippen LogP) is -0.602. The predicted molar refractivity (Wildman–Crippen MR) is 85.6 cm³/mol. The van der Waals surface area contributed by atoms with E-state index in [1.165, 1.54) is 7.05 Å². The molecule has 0 aliphatic carbocycles. The fraction of sp³-hybridized carbons (Fsp3) is 0.125. The monoisotopic (exact) mass is 337 g/mol. The van der Waals surface area contributed by atoms with Gasteiger partial charge in [0.05, 0.1) is 0 Å². The van der Waals surface area contributed by atoms with E-state index in [0.717, 1.165) is 4.57 Å². The zero-order chi connectivity index (χ0) is 17.9. The van der Waals surface area contributed by atoms with Crippen LogP contribution in [-0.4, -0.2) is 15.5 Å². The number of amides is 1. The Labute approximate surface area is 140 Å². The second-order valence-corrected chi connectivity index (χ2v) is 5.70. The quantitative estimate of drug-likeness (QED) is 0.585. The molecule has 124 valence electrons. The first-order valence-corrected chi connectivity index (χ1v) is 7.25. The summed E-state index contributed by atoms with van der Waals surface area (Å²) >= 11 is 0. The number of rotatable bonds is 0. The molecule has 1 atom stereocenters. The highest BCUT2D eigenvalue weighted by Gasteiger charge is 2.58. The van der Waals surface area contributed by atoms with Crippen LogP contribution < -0.4 is 27.0 Å². The van der Waals surface area contributed by atoms with Crippen molar-refractivity contribution < 1.29 is 9.53 Å². The number of nitrogens with one attached hydrogen (secondary N) is 2. The lowest BCUT2D eigenvalue weighted by atomic mass is 9.70. The van der Waals surface area contributed by atoms with Gasteiger partial charge < -0.3 is 15.8 Å². The maximum absolute atomic E-state index is 13.0. The average molecular weight is 337 g/mol. The second-order valence-electron chi connectivity index (χ2n) is 5.70. The topological polar surface area (TPSA) is 143 Å². The van der Waals surface area contributed by atoms with E-state index in [-0.39, 0.29) is 22.9 Å². The molecule has 0 bridgehead atoms. The molecule has 4 rings (SSSR count). The van der Waals surface area contributed by atoms with Crippen molar-refractivity contribution in [3.63, 3.8) is 0 Å². The maximum atomic E-state index is 13.0. The summed E-state index contributed by atoms with van der Waals surface area (Å²) in [5, 5.41) is 12.3. The molecule has 0 radical (unpaired) electrons. The van der Waals surface area contributed by atoms with Crippen LogP contribution in [0.15, 0.2) is 45.3 Å². The zero-order valence-electron chi connectivity index (χ0n) is 12.9. The summed E-state index contributed by atoms with van der Waals surface area (Å²) in [6.45, 7) is 0. The number of nitriles is 1. The van der Waals surface area contributed by atoms with Crippen LogP contribution >= 0.6 is 0 Å². The lowest BCUT2D eigenvalue weighted by molar-refractivity contribution is -0.118. The van der Waals surface area contributed by atoms with Gasteiger partial charge in [0.25, 0.3) is 5.56 Å². The number of benzene rings is 1. The van der Waals surface area contributed by atoms with Crippen LogP contribution in [0.1, 0.15) is 11.1 Å². The van der Waals surface area contributed by atoms with E-state index in [0.29, 0.717) is 11.3 Å². The standard InChI is InChI=1S/C16H11N5O4/c1-21-13-10(12(22)20-15(21)24)16(8(6-17)11(18)25-13)7-4-2-3-5-9(7)19-14(16)23/h2-5H,18H2,1H3,(H,19,23)(H,20,22,24). The molecule has 2 aromatic rings. The highest BCUT2D eigenvalue weighted by molar-refractivity contribution is 6.12. The SMILES string of the molecule is Cn1c2c(c(=O)[nH]c1=O)C1(C(=O)Nc3ccccc31)C(C#N)=C(N)O2. The van der Waals surface area contributed by atoms with Gasteiger partial charge >= 0.3 is 5.69 Å². The van der Waals surface area contributed by atoms with Crippen molar-refractivity contribution >= 4 is 11.6 Å². The van der Waals surface area contributed by atoms with Crippen LogP contribution in [0.25, 0.3) is 0 Å². The molecule has 1 aromatic carbocycles. The third-order valence-corrected chi connectivity index (χ3v) is 4.51. The molecule has 1 unspecified atom stereocenters. The van der Waals surface area contributed by atoms with Crippen molar-refractivity contribution in [2.75, 3.05) is 5.32 Å². The maximum Gasteiger partial charge on any atom is 0.330 e. The molecule has 1 spiro atoms. The number of anilines is 1. The Morgan fingerprint density at radius 1 is 1.28 bits per heavy atom. The fourth-order valence-corrected chi connectivity index (χ4v) is 3.41. The molecule has 25 heavy (non-hydrogen) atoms. The first kappa shape index (κ1) is 14.8. The highest BCUT2D eigenvalue weighted by Crippen LogP contribution is 2.51. The first-order valence-electron chi connectivity index (χ1n) is 7.25. The van der Waals surface area contributed by atoms with Crippen molar-refractivity contribution in [2.24, 2.45) is 12.8 Å². The summed E-state index contributed by atoms with van der Waals surface area (Å²) in [5.41, 5.74) is 3.06. The summed E-state index contributed by atoms with van der Waals surface area (Å²) in [6.07, 6.45) is 0. The molecule has 0 saturated carbocycles. The second kappa shape index (κ2) is 4.61. The average Bonchev–Trinajstić information content (AvgIpc) is 2.86. The Hall–Kier alpha value is -3.80. The lowest BCUT2D eigenvalue weighted by Gasteiger charge is -2.33. The van der Waals surface area contributed by atoms with Crippen LogP contribution in [0, 0.1) is 11.3 Å². The largest absolute Gasteiger partial charge is 0.423 e. The Bertz CT molecular complexity index is 1150. The van der Waals surface area contributed by atoms with Crippen LogP contribution in [0.4, 0.5) is 5.69 Å². The number of ether oxygens (including phenoxy) is 1. The molecule has 1 aromatic heterocycles. The number of nitrogens with two attached hydrogens (primary N) is 1. The number of carbonyl (C=O) groups is 1. The van der Waals surface area contributed by atoms with E-state index in [1.54, 1.807) is 24.3 Å². The first-order chi connectivity index (χ1) is 11.9. The molecule has 9 nitrogen and oxygen atoms in total. The smallest absolute Gasteiger partial charge is 0.330 e. The number of carbonyl (C=O) groups excluding carboxylic acids is 1. The van der Waals surface area contributed by atoms with Gasteiger partial charge in [-0.05, 0) is 6.07 Å². The van der Waals surface area contributed by atoms with Crippen molar-refractivity contribution in [1.29, 1.82) is 5.26 Å². The van der Waals surface area contributed by atoms with Crippen LogP contribution in [0.2, 0.25) is 0 Å². The highest BCUT2D eigenvalue weighted by atomic mass is 16.5. The number of para-hydroxylation sites is 1. The molecule has 4 N–H and O–H groups in total. The van der Waals surface area contributed by atoms with Gasteiger partial charge in [-0.1, -0.05) is 18.2 Å².